The van der Waals surface area contributed by atoms with Gasteiger partial charge in [-0.1, -0.05) is 200 Å². The van der Waals surface area contributed by atoms with Crippen LogP contribution in [0.1, 0.15) is 0 Å². The Morgan fingerprint density at radius 3 is 1.14 bits per heavy atom. The molecule has 56 heavy (non-hydrogen) atoms. The average Bonchev–Trinajstić information content (AvgIpc) is 3.29. The topological polar surface area (TPSA) is 38.7 Å². The van der Waals surface area contributed by atoms with Gasteiger partial charge in [0.05, 0.1) is 0 Å². The fourth-order valence-electron chi connectivity index (χ4n) is 7.72. The van der Waals surface area contributed by atoms with E-state index in [4.69, 9.17) is 15.0 Å². The molecule has 9 aromatic carbocycles. The van der Waals surface area contributed by atoms with Crippen LogP contribution in [0.25, 0.3) is 100 Å². The van der Waals surface area contributed by atoms with Gasteiger partial charge in [-0.05, 0) is 78.2 Å². The SMILES string of the molecule is c1ccc(-c2ccc(-c3cc(-c4nc(-c5ccccc5)nc(-c5ccc(-c6ccc(-c7ccccc7)c7ccccc67)cc5)n4)cc4ccccc34)cc2)cc1. The summed E-state index contributed by atoms with van der Waals surface area (Å²) in [5.74, 6) is 1.90. The first-order chi connectivity index (χ1) is 27.7. The summed E-state index contributed by atoms with van der Waals surface area (Å²) in [7, 11) is 0. The van der Waals surface area contributed by atoms with E-state index >= 15 is 0 Å². The minimum Gasteiger partial charge on any atom is -0.208 e. The molecular weight excluding hydrogens is 679 g/mol. The van der Waals surface area contributed by atoms with Crippen LogP contribution in [-0.2, 0) is 0 Å². The van der Waals surface area contributed by atoms with Gasteiger partial charge in [0, 0.05) is 16.7 Å². The van der Waals surface area contributed by atoms with Crippen molar-refractivity contribution < 1.29 is 0 Å². The smallest absolute Gasteiger partial charge is 0.164 e. The number of hydrogen-bond acceptors (Lipinski definition) is 3. The Labute approximate surface area is 326 Å². The highest BCUT2D eigenvalue weighted by atomic mass is 15.0. The van der Waals surface area contributed by atoms with Crippen molar-refractivity contribution in [1.29, 1.82) is 0 Å². The Bertz CT molecular complexity index is 2980. The Kier molecular flexibility index (Phi) is 8.51. The summed E-state index contributed by atoms with van der Waals surface area (Å²) < 4.78 is 0. The van der Waals surface area contributed by atoms with Gasteiger partial charge in [0.25, 0.3) is 0 Å². The molecule has 0 aliphatic heterocycles. The van der Waals surface area contributed by atoms with Crippen molar-refractivity contribution >= 4 is 21.5 Å². The molecule has 3 heteroatoms. The molecule has 0 amide bonds. The highest BCUT2D eigenvalue weighted by Gasteiger charge is 2.16. The summed E-state index contributed by atoms with van der Waals surface area (Å²) in [4.78, 5) is 15.3. The lowest BCUT2D eigenvalue weighted by atomic mass is 9.92. The molecule has 10 rings (SSSR count). The van der Waals surface area contributed by atoms with Crippen molar-refractivity contribution in [3.8, 4) is 78.7 Å². The molecule has 0 saturated carbocycles. The van der Waals surface area contributed by atoms with Gasteiger partial charge >= 0.3 is 0 Å². The molecule has 0 spiro atoms. The summed E-state index contributed by atoms with van der Waals surface area (Å²) in [5, 5.41) is 4.76. The van der Waals surface area contributed by atoms with Crippen LogP contribution in [0, 0.1) is 0 Å². The molecule has 0 atom stereocenters. The summed E-state index contributed by atoms with van der Waals surface area (Å²) in [6, 6.07) is 74.8. The van der Waals surface area contributed by atoms with Gasteiger partial charge in [-0.15, -0.1) is 0 Å². The van der Waals surface area contributed by atoms with Gasteiger partial charge < -0.3 is 0 Å². The first kappa shape index (κ1) is 33.1. The van der Waals surface area contributed by atoms with E-state index in [0.717, 1.165) is 38.8 Å². The summed E-state index contributed by atoms with van der Waals surface area (Å²) >= 11 is 0. The minimum absolute atomic E-state index is 0.631. The van der Waals surface area contributed by atoms with E-state index in [1.54, 1.807) is 0 Å². The number of benzene rings is 9. The maximum atomic E-state index is 5.17. The number of rotatable bonds is 7. The van der Waals surface area contributed by atoms with Crippen LogP contribution < -0.4 is 0 Å². The number of aromatic nitrogens is 3. The standard InChI is InChI=1S/C53H35N3/c1-4-14-36(15-5-1)37-24-26-40(27-25-37)50-35-44(34-43-20-10-11-21-45(43)50)53-55-51(41-18-8-3-9-19-41)54-52(56-53)42-30-28-39(29-31-42)47-33-32-46(38-16-6-2-7-17-38)48-22-12-13-23-49(47)48/h1-35H. The van der Waals surface area contributed by atoms with E-state index < -0.39 is 0 Å². The molecule has 0 unspecified atom stereocenters. The lowest BCUT2D eigenvalue weighted by molar-refractivity contribution is 1.07. The highest BCUT2D eigenvalue weighted by Crippen LogP contribution is 2.38. The molecule has 3 nitrogen and oxygen atoms in total. The second kappa shape index (κ2) is 14.4. The van der Waals surface area contributed by atoms with Crippen LogP contribution in [0.15, 0.2) is 212 Å². The van der Waals surface area contributed by atoms with Crippen molar-refractivity contribution in [3.63, 3.8) is 0 Å². The summed E-state index contributed by atoms with van der Waals surface area (Å²) in [5.41, 5.74) is 12.2. The number of fused-ring (bicyclic) bond motifs is 2. The molecular formula is C53H35N3. The van der Waals surface area contributed by atoms with Crippen LogP contribution in [0.4, 0.5) is 0 Å². The minimum atomic E-state index is 0.631. The first-order valence-electron chi connectivity index (χ1n) is 18.9. The van der Waals surface area contributed by atoms with E-state index in [0.29, 0.717) is 17.5 Å². The highest BCUT2D eigenvalue weighted by molar-refractivity contribution is 6.05. The lowest BCUT2D eigenvalue weighted by Gasteiger charge is -2.14. The quantitative estimate of drug-likeness (QED) is 0.165. The fraction of sp³-hybridized carbons (Fsp3) is 0. The number of hydrogen-bond donors (Lipinski definition) is 0. The molecule has 0 bridgehead atoms. The molecule has 0 aliphatic rings. The maximum Gasteiger partial charge on any atom is 0.164 e. The Hall–Kier alpha value is -7.49. The maximum absolute atomic E-state index is 5.17. The second-order valence-electron chi connectivity index (χ2n) is 14.0. The average molecular weight is 714 g/mol. The van der Waals surface area contributed by atoms with Crippen molar-refractivity contribution in [2.45, 2.75) is 0 Å². The molecule has 0 radical (unpaired) electrons. The summed E-state index contributed by atoms with van der Waals surface area (Å²) in [6.45, 7) is 0. The van der Waals surface area contributed by atoms with Crippen molar-refractivity contribution in [2.24, 2.45) is 0 Å². The lowest BCUT2D eigenvalue weighted by Crippen LogP contribution is -2.00. The predicted octanol–water partition coefficient (Wildman–Crippen LogP) is 13.8. The molecule has 1 aromatic heterocycles. The van der Waals surface area contributed by atoms with E-state index in [1.165, 1.54) is 44.0 Å². The summed E-state index contributed by atoms with van der Waals surface area (Å²) in [6.07, 6.45) is 0. The molecule has 0 N–H and O–H groups in total. The van der Waals surface area contributed by atoms with Crippen LogP contribution in [0.2, 0.25) is 0 Å². The monoisotopic (exact) mass is 713 g/mol. The zero-order valence-electron chi connectivity index (χ0n) is 30.5. The van der Waals surface area contributed by atoms with Crippen LogP contribution in [-0.4, -0.2) is 15.0 Å². The second-order valence-corrected chi connectivity index (χ2v) is 14.0. The molecule has 0 saturated heterocycles. The number of nitrogens with zero attached hydrogens (tertiary/aromatic N) is 3. The van der Waals surface area contributed by atoms with E-state index in [9.17, 15) is 0 Å². The van der Waals surface area contributed by atoms with E-state index in [2.05, 4.69) is 188 Å². The third-order valence-corrected chi connectivity index (χ3v) is 10.6. The molecule has 262 valence electrons. The Balaban J connectivity index is 1.07. The third kappa shape index (κ3) is 6.31. The zero-order chi connectivity index (χ0) is 37.3. The van der Waals surface area contributed by atoms with Gasteiger partial charge in [-0.2, -0.15) is 0 Å². The first-order valence-corrected chi connectivity index (χ1v) is 18.9. The molecule has 1 heterocycles. The van der Waals surface area contributed by atoms with Gasteiger partial charge in [0.1, 0.15) is 0 Å². The van der Waals surface area contributed by atoms with E-state index in [-0.39, 0.29) is 0 Å². The van der Waals surface area contributed by atoms with Crippen molar-refractivity contribution in [1.82, 2.24) is 15.0 Å². The normalized spacial score (nSPS) is 11.2. The van der Waals surface area contributed by atoms with Crippen molar-refractivity contribution in [3.05, 3.63) is 212 Å². The molecule has 10 aromatic rings. The molecule has 0 aliphatic carbocycles. The van der Waals surface area contributed by atoms with Crippen LogP contribution in [0.3, 0.4) is 0 Å². The van der Waals surface area contributed by atoms with E-state index in [1.807, 2.05) is 24.3 Å². The Morgan fingerprint density at radius 2 is 0.571 bits per heavy atom. The zero-order valence-corrected chi connectivity index (χ0v) is 30.5. The third-order valence-electron chi connectivity index (χ3n) is 10.6. The van der Waals surface area contributed by atoms with Crippen molar-refractivity contribution in [2.75, 3.05) is 0 Å². The predicted molar refractivity (Wildman–Crippen MR) is 233 cm³/mol. The Morgan fingerprint density at radius 1 is 0.214 bits per heavy atom. The van der Waals surface area contributed by atoms with Gasteiger partial charge in [-0.3, -0.25) is 0 Å². The fourth-order valence-corrected chi connectivity index (χ4v) is 7.72. The van der Waals surface area contributed by atoms with Gasteiger partial charge in [0.2, 0.25) is 0 Å². The van der Waals surface area contributed by atoms with Gasteiger partial charge in [0.15, 0.2) is 17.5 Å². The molecule has 0 fully saturated rings. The largest absolute Gasteiger partial charge is 0.208 e. The van der Waals surface area contributed by atoms with Crippen LogP contribution >= 0.6 is 0 Å². The van der Waals surface area contributed by atoms with Crippen LogP contribution in [0.5, 0.6) is 0 Å². The van der Waals surface area contributed by atoms with Gasteiger partial charge in [-0.25, -0.2) is 15.0 Å².